The maximum atomic E-state index is 11.9. The monoisotopic (exact) mass is 264 g/mol. The van der Waals surface area contributed by atoms with Gasteiger partial charge in [-0.1, -0.05) is 19.9 Å². The van der Waals surface area contributed by atoms with E-state index in [1.807, 2.05) is 19.1 Å². The number of nitrogens with one attached hydrogen (secondary N) is 1. The highest BCUT2D eigenvalue weighted by Crippen LogP contribution is 2.20. The molecular formula is C15H24N2O2. The summed E-state index contributed by atoms with van der Waals surface area (Å²) in [6, 6.07) is 3.83. The number of aliphatic hydroxyl groups is 1. The van der Waals surface area contributed by atoms with Gasteiger partial charge in [0.1, 0.15) is 0 Å². The second-order valence-corrected chi connectivity index (χ2v) is 5.71. The molecule has 0 aliphatic rings. The number of aliphatic hydroxyl groups excluding tert-OH is 1. The maximum Gasteiger partial charge on any atom is 0.226 e. The third kappa shape index (κ3) is 5.83. The Hall–Kier alpha value is -1.42. The zero-order valence-electron chi connectivity index (χ0n) is 12.1. The number of amides is 1. The maximum absolute atomic E-state index is 11.9. The molecule has 1 aromatic rings. The van der Waals surface area contributed by atoms with Crippen molar-refractivity contribution in [3.8, 4) is 0 Å². The summed E-state index contributed by atoms with van der Waals surface area (Å²) in [5, 5.41) is 11.8. The van der Waals surface area contributed by atoms with Crippen molar-refractivity contribution in [1.29, 1.82) is 0 Å². The molecule has 0 fully saturated rings. The predicted octanol–water partition coefficient (Wildman–Crippen LogP) is 1.85. The van der Waals surface area contributed by atoms with Gasteiger partial charge < -0.3 is 10.4 Å². The van der Waals surface area contributed by atoms with Gasteiger partial charge >= 0.3 is 0 Å². The first-order chi connectivity index (χ1) is 8.94. The van der Waals surface area contributed by atoms with Gasteiger partial charge in [-0.3, -0.25) is 9.78 Å². The van der Waals surface area contributed by atoms with E-state index in [1.54, 1.807) is 6.20 Å². The fourth-order valence-corrected chi connectivity index (χ4v) is 1.90. The highest BCUT2D eigenvalue weighted by molar-refractivity contribution is 5.78. The summed E-state index contributed by atoms with van der Waals surface area (Å²) in [4.78, 5) is 16.1. The average molecular weight is 264 g/mol. The van der Waals surface area contributed by atoms with E-state index >= 15 is 0 Å². The number of pyridine rings is 1. The number of aryl methyl sites for hydroxylation is 1. The standard InChI is InChI=1S/C15H24N2O2/c1-12-6-4-8-16-13(12)10-14(19)17-11-15(2,3)7-5-9-18/h4,6,8,18H,5,7,9-11H2,1-3H3,(H,17,19). The highest BCUT2D eigenvalue weighted by atomic mass is 16.2. The molecule has 1 aromatic heterocycles. The second kappa shape index (κ2) is 7.24. The summed E-state index contributed by atoms with van der Waals surface area (Å²) in [7, 11) is 0. The van der Waals surface area contributed by atoms with Crippen molar-refractivity contribution >= 4 is 5.91 Å². The lowest BCUT2D eigenvalue weighted by Crippen LogP contribution is -2.35. The van der Waals surface area contributed by atoms with Crippen molar-refractivity contribution in [2.45, 2.75) is 40.0 Å². The minimum absolute atomic E-state index is 0.00104. The minimum atomic E-state index is -0.00104. The van der Waals surface area contributed by atoms with Crippen LogP contribution in [0.4, 0.5) is 0 Å². The quantitative estimate of drug-likeness (QED) is 0.790. The fourth-order valence-electron chi connectivity index (χ4n) is 1.90. The SMILES string of the molecule is Cc1cccnc1CC(=O)NCC(C)(C)CCCO. The Morgan fingerprint density at radius 1 is 1.47 bits per heavy atom. The van der Waals surface area contributed by atoms with Crippen molar-refractivity contribution < 1.29 is 9.90 Å². The summed E-state index contributed by atoms with van der Waals surface area (Å²) >= 11 is 0. The molecule has 106 valence electrons. The van der Waals surface area contributed by atoms with Crippen LogP contribution in [0, 0.1) is 12.3 Å². The lowest BCUT2D eigenvalue weighted by atomic mass is 9.88. The van der Waals surface area contributed by atoms with Gasteiger partial charge in [0.15, 0.2) is 0 Å². The van der Waals surface area contributed by atoms with Crippen LogP contribution >= 0.6 is 0 Å². The van der Waals surface area contributed by atoms with Crippen LogP contribution in [-0.4, -0.2) is 29.1 Å². The Labute approximate surface area is 115 Å². The summed E-state index contributed by atoms with van der Waals surface area (Å²) in [6.45, 7) is 6.97. The molecule has 0 spiro atoms. The topological polar surface area (TPSA) is 62.2 Å². The van der Waals surface area contributed by atoms with Crippen molar-refractivity contribution in [3.63, 3.8) is 0 Å². The van der Waals surface area contributed by atoms with Crippen LogP contribution < -0.4 is 5.32 Å². The van der Waals surface area contributed by atoms with Crippen LogP contribution in [0.3, 0.4) is 0 Å². The van der Waals surface area contributed by atoms with E-state index in [0.29, 0.717) is 13.0 Å². The van der Waals surface area contributed by atoms with Gasteiger partial charge in [0.05, 0.1) is 12.1 Å². The molecule has 0 aromatic carbocycles. The second-order valence-electron chi connectivity index (χ2n) is 5.71. The first kappa shape index (κ1) is 15.6. The summed E-state index contributed by atoms with van der Waals surface area (Å²) in [5.74, 6) is -0.00104. The molecule has 0 atom stereocenters. The summed E-state index contributed by atoms with van der Waals surface area (Å²) < 4.78 is 0. The number of rotatable bonds is 7. The first-order valence-corrected chi connectivity index (χ1v) is 6.73. The van der Waals surface area contributed by atoms with Crippen molar-refractivity contribution in [3.05, 3.63) is 29.6 Å². The van der Waals surface area contributed by atoms with Gasteiger partial charge in [-0.05, 0) is 36.8 Å². The zero-order chi connectivity index (χ0) is 14.3. The number of carbonyl (C=O) groups excluding carboxylic acids is 1. The van der Waals surface area contributed by atoms with Crippen molar-refractivity contribution in [2.24, 2.45) is 5.41 Å². The van der Waals surface area contributed by atoms with Gasteiger partial charge in [-0.15, -0.1) is 0 Å². The minimum Gasteiger partial charge on any atom is -0.396 e. The van der Waals surface area contributed by atoms with Crippen LogP contribution in [0.25, 0.3) is 0 Å². The zero-order valence-corrected chi connectivity index (χ0v) is 12.1. The summed E-state index contributed by atoms with van der Waals surface area (Å²) in [5.41, 5.74) is 1.88. The van der Waals surface area contributed by atoms with Crippen LogP contribution in [0.1, 0.15) is 37.9 Å². The molecule has 1 amide bonds. The van der Waals surface area contributed by atoms with E-state index in [9.17, 15) is 4.79 Å². The van der Waals surface area contributed by atoms with Crippen molar-refractivity contribution in [1.82, 2.24) is 10.3 Å². The smallest absolute Gasteiger partial charge is 0.226 e. The highest BCUT2D eigenvalue weighted by Gasteiger charge is 2.18. The Bertz CT molecular complexity index is 416. The largest absolute Gasteiger partial charge is 0.396 e. The van der Waals surface area contributed by atoms with Gasteiger partial charge in [0.25, 0.3) is 0 Å². The normalized spacial score (nSPS) is 11.4. The number of aromatic nitrogens is 1. The number of hydrogen-bond donors (Lipinski definition) is 2. The van der Waals surface area contributed by atoms with Gasteiger partial charge in [-0.2, -0.15) is 0 Å². The molecule has 2 N–H and O–H groups in total. The third-order valence-electron chi connectivity index (χ3n) is 3.22. The molecule has 1 heterocycles. The van der Waals surface area contributed by atoms with E-state index in [-0.39, 0.29) is 17.9 Å². The van der Waals surface area contributed by atoms with E-state index in [0.717, 1.165) is 24.1 Å². The molecule has 0 unspecified atom stereocenters. The first-order valence-electron chi connectivity index (χ1n) is 6.73. The predicted molar refractivity (Wildman–Crippen MR) is 75.8 cm³/mol. The molecule has 19 heavy (non-hydrogen) atoms. The van der Waals surface area contributed by atoms with Gasteiger partial charge in [-0.25, -0.2) is 0 Å². The van der Waals surface area contributed by atoms with Crippen LogP contribution in [0.2, 0.25) is 0 Å². The summed E-state index contributed by atoms with van der Waals surface area (Å²) in [6.07, 6.45) is 3.69. The number of hydrogen-bond acceptors (Lipinski definition) is 3. The van der Waals surface area contributed by atoms with E-state index in [2.05, 4.69) is 24.1 Å². The Kier molecular flexibility index (Phi) is 5.96. The molecule has 1 rings (SSSR count). The van der Waals surface area contributed by atoms with Crippen LogP contribution in [0.15, 0.2) is 18.3 Å². The number of carbonyl (C=O) groups is 1. The average Bonchev–Trinajstić information content (AvgIpc) is 2.37. The third-order valence-corrected chi connectivity index (χ3v) is 3.22. The van der Waals surface area contributed by atoms with E-state index < -0.39 is 0 Å². The molecule has 0 bridgehead atoms. The Morgan fingerprint density at radius 2 is 2.21 bits per heavy atom. The van der Waals surface area contributed by atoms with Gasteiger partial charge in [0.2, 0.25) is 5.91 Å². The van der Waals surface area contributed by atoms with Crippen molar-refractivity contribution in [2.75, 3.05) is 13.2 Å². The molecule has 0 radical (unpaired) electrons. The Morgan fingerprint density at radius 3 is 2.84 bits per heavy atom. The lowest BCUT2D eigenvalue weighted by molar-refractivity contribution is -0.120. The fraction of sp³-hybridized carbons (Fsp3) is 0.600. The lowest BCUT2D eigenvalue weighted by Gasteiger charge is -2.24. The molecule has 0 saturated carbocycles. The molecule has 0 aliphatic carbocycles. The molecule has 0 aliphatic heterocycles. The molecule has 4 nitrogen and oxygen atoms in total. The van der Waals surface area contributed by atoms with E-state index in [1.165, 1.54) is 0 Å². The number of nitrogens with zero attached hydrogens (tertiary/aromatic N) is 1. The van der Waals surface area contributed by atoms with Crippen LogP contribution in [-0.2, 0) is 11.2 Å². The molecule has 4 heteroatoms. The van der Waals surface area contributed by atoms with Gasteiger partial charge in [0, 0.05) is 19.3 Å². The van der Waals surface area contributed by atoms with E-state index in [4.69, 9.17) is 5.11 Å². The van der Waals surface area contributed by atoms with Crippen LogP contribution in [0.5, 0.6) is 0 Å². The molecular weight excluding hydrogens is 240 g/mol. The Balaban J connectivity index is 2.42. The molecule has 0 saturated heterocycles.